The summed E-state index contributed by atoms with van der Waals surface area (Å²) in [6, 6.07) is 13.3. The van der Waals surface area contributed by atoms with Gasteiger partial charge in [-0.3, -0.25) is 9.69 Å². The first kappa shape index (κ1) is 15.6. The third kappa shape index (κ3) is 2.45. The summed E-state index contributed by atoms with van der Waals surface area (Å²) in [4.78, 5) is 26.4. The lowest BCUT2D eigenvalue weighted by molar-refractivity contribution is -0.131. The zero-order valence-corrected chi connectivity index (χ0v) is 13.5. The van der Waals surface area contributed by atoms with Crippen LogP contribution in [0, 0.1) is 5.82 Å². The quantitative estimate of drug-likeness (QED) is 0.871. The summed E-state index contributed by atoms with van der Waals surface area (Å²) in [5, 5.41) is 2.85. The Balaban J connectivity index is 1.49. The minimum Gasteiger partial charge on any atom is -0.489 e. The molecule has 1 aliphatic heterocycles. The zero-order valence-electron chi connectivity index (χ0n) is 13.5. The molecule has 0 saturated carbocycles. The maximum absolute atomic E-state index is 13.6. The Morgan fingerprint density at radius 1 is 1.12 bits per heavy atom. The molecule has 1 unspecified atom stereocenters. The summed E-state index contributed by atoms with van der Waals surface area (Å²) in [6.45, 7) is 0.112. The summed E-state index contributed by atoms with van der Waals surface area (Å²) in [5.74, 6) is -0.629. The summed E-state index contributed by atoms with van der Waals surface area (Å²) in [6.07, 6.45) is 1.31. The molecule has 1 fully saturated rings. The third-order valence-corrected chi connectivity index (χ3v) is 4.83. The van der Waals surface area contributed by atoms with E-state index in [-0.39, 0.29) is 24.8 Å². The average molecular weight is 340 g/mol. The predicted molar refractivity (Wildman–Crippen MR) is 88.6 cm³/mol. The lowest BCUT2D eigenvalue weighted by Gasteiger charge is -2.22. The SMILES string of the molecule is O=C1NC2(CCc3ccccc32)C(=O)N1CCOc1ccccc1F. The number of ether oxygens (including phenoxy) is 1. The Kier molecular flexibility index (Phi) is 3.67. The van der Waals surface area contributed by atoms with Gasteiger partial charge in [0.15, 0.2) is 11.6 Å². The number of para-hydroxylation sites is 1. The van der Waals surface area contributed by atoms with Crippen LogP contribution in [0.5, 0.6) is 5.75 Å². The van der Waals surface area contributed by atoms with Crippen molar-refractivity contribution in [1.29, 1.82) is 0 Å². The van der Waals surface area contributed by atoms with Crippen LogP contribution in [0.15, 0.2) is 48.5 Å². The van der Waals surface area contributed by atoms with Gasteiger partial charge in [-0.05, 0) is 36.1 Å². The van der Waals surface area contributed by atoms with Crippen LogP contribution in [0.2, 0.25) is 0 Å². The van der Waals surface area contributed by atoms with E-state index in [1.165, 1.54) is 12.1 Å². The highest BCUT2D eigenvalue weighted by Crippen LogP contribution is 2.41. The van der Waals surface area contributed by atoms with E-state index in [4.69, 9.17) is 4.74 Å². The molecule has 0 bridgehead atoms. The van der Waals surface area contributed by atoms with Gasteiger partial charge in [0, 0.05) is 0 Å². The molecule has 1 spiro atoms. The summed E-state index contributed by atoms with van der Waals surface area (Å²) in [7, 11) is 0. The fourth-order valence-electron chi connectivity index (χ4n) is 3.60. The molecule has 1 heterocycles. The van der Waals surface area contributed by atoms with Gasteiger partial charge in [0.1, 0.15) is 12.1 Å². The minimum atomic E-state index is -0.967. The molecule has 4 rings (SSSR count). The fraction of sp³-hybridized carbons (Fsp3) is 0.263. The van der Waals surface area contributed by atoms with Crippen molar-refractivity contribution in [1.82, 2.24) is 10.2 Å². The van der Waals surface area contributed by atoms with Crippen LogP contribution >= 0.6 is 0 Å². The van der Waals surface area contributed by atoms with Gasteiger partial charge in [0.05, 0.1) is 6.54 Å². The highest BCUT2D eigenvalue weighted by atomic mass is 19.1. The number of nitrogens with zero attached hydrogens (tertiary/aromatic N) is 1. The van der Waals surface area contributed by atoms with E-state index < -0.39 is 17.4 Å². The number of fused-ring (bicyclic) bond motifs is 2. The summed E-state index contributed by atoms with van der Waals surface area (Å²) < 4.78 is 18.9. The van der Waals surface area contributed by atoms with Crippen molar-refractivity contribution >= 4 is 11.9 Å². The van der Waals surface area contributed by atoms with Gasteiger partial charge < -0.3 is 10.1 Å². The first-order valence-electron chi connectivity index (χ1n) is 8.22. The highest BCUT2D eigenvalue weighted by Gasteiger charge is 2.54. The molecule has 2 aromatic rings. The number of hydrogen-bond acceptors (Lipinski definition) is 3. The standard InChI is InChI=1S/C19H17FN2O3/c20-15-7-3-4-8-16(15)25-12-11-22-17(23)19(21-18(22)24)10-9-13-5-1-2-6-14(13)19/h1-8H,9-12H2,(H,21,24). The van der Waals surface area contributed by atoms with Gasteiger partial charge in [-0.2, -0.15) is 0 Å². The smallest absolute Gasteiger partial charge is 0.325 e. The molecule has 1 aliphatic carbocycles. The molecule has 128 valence electrons. The van der Waals surface area contributed by atoms with Crippen molar-refractivity contribution in [3.05, 3.63) is 65.5 Å². The van der Waals surface area contributed by atoms with Gasteiger partial charge in [0.2, 0.25) is 0 Å². The average Bonchev–Trinajstić information content (AvgIpc) is 3.10. The Hall–Kier alpha value is -2.89. The van der Waals surface area contributed by atoms with Crippen molar-refractivity contribution in [3.8, 4) is 5.75 Å². The largest absolute Gasteiger partial charge is 0.489 e. The number of carbonyl (C=O) groups excluding carboxylic acids is 2. The van der Waals surface area contributed by atoms with E-state index in [0.717, 1.165) is 22.4 Å². The number of hydrogen-bond donors (Lipinski definition) is 1. The van der Waals surface area contributed by atoms with Gasteiger partial charge in [-0.15, -0.1) is 0 Å². The molecule has 1 saturated heterocycles. The van der Waals surface area contributed by atoms with Crippen molar-refractivity contribution in [2.45, 2.75) is 18.4 Å². The maximum Gasteiger partial charge on any atom is 0.325 e. The van der Waals surface area contributed by atoms with Crippen molar-refractivity contribution in [2.24, 2.45) is 0 Å². The number of rotatable bonds is 4. The monoisotopic (exact) mass is 340 g/mol. The normalized spacial score (nSPS) is 21.6. The lowest BCUT2D eigenvalue weighted by Crippen LogP contribution is -2.42. The number of aryl methyl sites for hydroxylation is 1. The van der Waals surface area contributed by atoms with Crippen molar-refractivity contribution < 1.29 is 18.7 Å². The Morgan fingerprint density at radius 3 is 2.72 bits per heavy atom. The van der Waals surface area contributed by atoms with Crippen LogP contribution < -0.4 is 10.1 Å². The molecule has 0 radical (unpaired) electrons. The summed E-state index contributed by atoms with van der Waals surface area (Å²) >= 11 is 0. The first-order valence-corrected chi connectivity index (χ1v) is 8.22. The van der Waals surface area contributed by atoms with Gasteiger partial charge >= 0.3 is 6.03 Å². The number of carbonyl (C=O) groups is 2. The molecule has 25 heavy (non-hydrogen) atoms. The van der Waals surface area contributed by atoms with E-state index in [1.807, 2.05) is 24.3 Å². The minimum absolute atomic E-state index is 0.0395. The van der Waals surface area contributed by atoms with E-state index >= 15 is 0 Å². The van der Waals surface area contributed by atoms with E-state index in [1.54, 1.807) is 12.1 Å². The molecule has 1 atom stereocenters. The molecule has 1 N–H and O–H groups in total. The Labute approximate surface area is 144 Å². The van der Waals surface area contributed by atoms with E-state index in [9.17, 15) is 14.0 Å². The van der Waals surface area contributed by atoms with Crippen LogP contribution in [-0.4, -0.2) is 30.0 Å². The number of amides is 3. The maximum atomic E-state index is 13.6. The molecule has 3 amide bonds. The second-order valence-electron chi connectivity index (χ2n) is 6.23. The van der Waals surface area contributed by atoms with Gasteiger partial charge in [-0.1, -0.05) is 36.4 Å². The highest BCUT2D eigenvalue weighted by molar-refractivity contribution is 6.08. The number of halogens is 1. The van der Waals surface area contributed by atoms with Gasteiger partial charge in [0.25, 0.3) is 5.91 Å². The van der Waals surface area contributed by atoms with Crippen molar-refractivity contribution in [3.63, 3.8) is 0 Å². The van der Waals surface area contributed by atoms with Crippen LogP contribution in [0.25, 0.3) is 0 Å². The molecule has 2 aromatic carbocycles. The van der Waals surface area contributed by atoms with Crippen LogP contribution in [0.1, 0.15) is 17.5 Å². The van der Waals surface area contributed by atoms with Gasteiger partial charge in [-0.25, -0.2) is 9.18 Å². The predicted octanol–water partition coefficient (Wildman–Crippen LogP) is 2.60. The van der Waals surface area contributed by atoms with Crippen LogP contribution in [0.3, 0.4) is 0 Å². The fourth-order valence-corrected chi connectivity index (χ4v) is 3.60. The molecular formula is C19H17FN2O3. The lowest BCUT2D eigenvalue weighted by atomic mass is 9.92. The number of nitrogens with one attached hydrogen (secondary N) is 1. The Bertz CT molecular complexity index is 854. The number of imide groups is 1. The van der Waals surface area contributed by atoms with Crippen LogP contribution in [0.4, 0.5) is 9.18 Å². The number of benzene rings is 2. The second kappa shape index (κ2) is 5.88. The zero-order chi connectivity index (χ0) is 17.4. The molecule has 2 aliphatic rings. The van der Waals surface area contributed by atoms with E-state index in [2.05, 4.69) is 5.32 Å². The molecule has 0 aromatic heterocycles. The van der Waals surface area contributed by atoms with Crippen molar-refractivity contribution in [2.75, 3.05) is 13.2 Å². The topological polar surface area (TPSA) is 58.6 Å². The first-order chi connectivity index (χ1) is 12.1. The van der Waals surface area contributed by atoms with E-state index in [0.29, 0.717) is 6.42 Å². The number of urea groups is 1. The molecule has 5 nitrogen and oxygen atoms in total. The third-order valence-electron chi connectivity index (χ3n) is 4.83. The summed E-state index contributed by atoms with van der Waals surface area (Å²) in [5.41, 5.74) is 0.984. The molecular weight excluding hydrogens is 323 g/mol. The Morgan fingerprint density at radius 2 is 1.88 bits per heavy atom. The van der Waals surface area contributed by atoms with Crippen LogP contribution in [-0.2, 0) is 16.8 Å². The molecule has 6 heteroatoms. The second-order valence-corrected chi connectivity index (χ2v) is 6.23.